The van der Waals surface area contributed by atoms with Gasteiger partial charge in [0.1, 0.15) is 0 Å². The molecule has 0 unspecified atom stereocenters. The van der Waals surface area contributed by atoms with Gasteiger partial charge in [-0.2, -0.15) is 0 Å². The van der Waals surface area contributed by atoms with Crippen molar-refractivity contribution in [2.75, 3.05) is 6.61 Å². The number of hydrogen-bond acceptors (Lipinski definition) is 2. The Hall–Kier alpha value is -0.870. The second kappa shape index (κ2) is 4.55. The van der Waals surface area contributed by atoms with Crippen LogP contribution in [0.1, 0.15) is 29.6 Å². The Morgan fingerprint density at radius 1 is 1.44 bits per heavy atom. The fourth-order valence-corrected chi connectivity index (χ4v) is 2.34. The second-order valence-corrected chi connectivity index (χ2v) is 5.08. The summed E-state index contributed by atoms with van der Waals surface area (Å²) < 4.78 is 0.778. The number of hydrogen-bond donors (Lipinski definition) is 2. The summed E-state index contributed by atoms with van der Waals surface area (Å²) in [6.07, 6.45) is 2.79. The lowest BCUT2D eigenvalue weighted by Crippen LogP contribution is -2.56. The molecule has 2 N–H and O–H groups in total. The van der Waals surface area contributed by atoms with Crippen molar-refractivity contribution in [1.29, 1.82) is 0 Å². The molecule has 3 nitrogen and oxygen atoms in total. The van der Waals surface area contributed by atoms with Gasteiger partial charge < -0.3 is 10.4 Å². The zero-order valence-electron chi connectivity index (χ0n) is 8.87. The largest absolute Gasteiger partial charge is 0.394 e. The van der Waals surface area contributed by atoms with E-state index in [1.54, 1.807) is 6.07 Å². The molecule has 0 atom stereocenters. The molecule has 1 aliphatic carbocycles. The number of aliphatic hydroxyl groups is 1. The van der Waals surface area contributed by atoms with Crippen LogP contribution in [0, 0.1) is 0 Å². The van der Waals surface area contributed by atoms with Crippen LogP contribution >= 0.6 is 15.9 Å². The first-order chi connectivity index (χ1) is 7.67. The van der Waals surface area contributed by atoms with Crippen molar-refractivity contribution in [1.82, 2.24) is 5.32 Å². The Bertz CT molecular complexity index is 396. The topological polar surface area (TPSA) is 49.3 Å². The van der Waals surface area contributed by atoms with E-state index in [2.05, 4.69) is 21.2 Å². The van der Waals surface area contributed by atoms with Crippen molar-refractivity contribution in [3.05, 3.63) is 34.3 Å². The molecule has 4 heteroatoms. The first kappa shape index (κ1) is 11.6. The van der Waals surface area contributed by atoms with Gasteiger partial charge >= 0.3 is 0 Å². The highest BCUT2D eigenvalue weighted by Crippen LogP contribution is 2.31. The zero-order chi connectivity index (χ0) is 11.6. The lowest BCUT2D eigenvalue weighted by atomic mass is 9.77. The van der Waals surface area contributed by atoms with E-state index in [9.17, 15) is 9.90 Å². The molecule has 0 radical (unpaired) electrons. The summed E-state index contributed by atoms with van der Waals surface area (Å²) in [5.41, 5.74) is 0.231. The van der Waals surface area contributed by atoms with Crippen LogP contribution in [0.4, 0.5) is 0 Å². The maximum atomic E-state index is 12.0. The lowest BCUT2D eigenvalue weighted by Gasteiger charge is -2.41. The van der Waals surface area contributed by atoms with E-state index in [-0.39, 0.29) is 18.1 Å². The third-order valence-corrected chi connectivity index (χ3v) is 3.80. The van der Waals surface area contributed by atoms with Gasteiger partial charge in [0.2, 0.25) is 0 Å². The number of rotatable bonds is 3. The number of halogens is 1. The zero-order valence-corrected chi connectivity index (χ0v) is 10.5. The molecular formula is C12H14BrNO2. The number of benzene rings is 1. The molecule has 0 heterocycles. The minimum absolute atomic E-state index is 0.0171. The van der Waals surface area contributed by atoms with Crippen molar-refractivity contribution < 1.29 is 9.90 Å². The van der Waals surface area contributed by atoms with Crippen molar-refractivity contribution in [2.45, 2.75) is 24.8 Å². The molecule has 0 saturated heterocycles. The number of nitrogens with one attached hydrogen (secondary N) is 1. The Labute approximate surface area is 103 Å². The average molecular weight is 284 g/mol. The molecule has 1 aromatic carbocycles. The van der Waals surface area contributed by atoms with Crippen molar-refractivity contribution >= 4 is 21.8 Å². The van der Waals surface area contributed by atoms with Crippen LogP contribution in [0.5, 0.6) is 0 Å². The molecule has 1 saturated carbocycles. The smallest absolute Gasteiger partial charge is 0.252 e. The molecule has 0 aliphatic heterocycles. The van der Waals surface area contributed by atoms with E-state index < -0.39 is 0 Å². The molecule has 16 heavy (non-hydrogen) atoms. The van der Waals surface area contributed by atoms with Gasteiger partial charge in [-0.15, -0.1) is 0 Å². The highest BCUT2D eigenvalue weighted by molar-refractivity contribution is 9.10. The molecule has 2 rings (SSSR count). The van der Waals surface area contributed by atoms with Crippen LogP contribution in [0.15, 0.2) is 28.7 Å². The maximum Gasteiger partial charge on any atom is 0.252 e. The van der Waals surface area contributed by atoms with Gasteiger partial charge in [-0.3, -0.25) is 4.79 Å². The van der Waals surface area contributed by atoms with Gasteiger partial charge in [0.15, 0.2) is 0 Å². The average Bonchev–Trinajstić information content (AvgIpc) is 2.24. The van der Waals surface area contributed by atoms with Crippen LogP contribution in [0.25, 0.3) is 0 Å². The predicted octanol–water partition coefficient (Wildman–Crippen LogP) is 2.09. The number of aliphatic hydroxyl groups excluding tert-OH is 1. The maximum absolute atomic E-state index is 12.0. The molecule has 0 spiro atoms. The Morgan fingerprint density at radius 2 is 2.12 bits per heavy atom. The fourth-order valence-electron chi connectivity index (χ4n) is 1.88. The van der Waals surface area contributed by atoms with Crippen molar-refractivity contribution in [2.24, 2.45) is 0 Å². The molecule has 0 bridgehead atoms. The summed E-state index contributed by atoms with van der Waals surface area (Å²) in [5.74, 6) is -0.124. The number of carbonyl (C=O) groups is 1. The van der Waals surface area contributed by atoms with Crippen LogP contribution < -0.4 is 5.32 Å². The van der Waals surface area contributed by atoms with E-state index in [0.717, 1.165) is 23.7 Å². The molecule has 1 aliphatic rings. The van der Waals surface area contributed by atoms with Crippen LogP contribution in [0.3, 0.4) is 0 Å². The quantitative estimate of drug-likeness (QED) is 0.893. The van der Waals surface area contributed by atoms with Gasteiger partial charge in [-0.1, -0.05) is 12.1 Å². The van der Waals surface area contributed by atoms with Crippen molar-refractivity contribution in [3.63, 3.8) is 0 Å². The lowest BCUT2D eigenvalue weighted by molar-refractivity contribution is 0.0641. The molecule has 1 amide bonds. The first-order valence-electron chi connectivity index (χ1n) is 5.35. The SMILES string of the molecule is O=C(NC1(CO)CCC1)c1ccccc1Br. The van der Waals surface area contributed by atoms with E-state index >= 15 is 0 Å². The number of amides is 1. The molecule has 0 aromatic heterocycles. The summed E-state index contributed by atoms with van der Waals surface area (Å²) in [5, 5.41) is 12.2. The Balaban J connectivity index is 2.11. The van der Waals surface area contributed by atoms with Gasteiger partial charge in [-0.05, 0) is 47.3 Å². The van der Waals surface area contributed by atoms with E-state index in [0.29, 0.717) is 5.56 Å². The van der Waals surface area contributed by atoms with Gasteiger partial charge in [0.25, 0.3) is 5.91 Å². The highest BCUT2D eigenvalue weighted by Gasteiger charge is 2.38. The standard InChI is InChI=1S/C12H14BrNO2/c13-10-5-2-1-4-9(10)11(16)14-12(8-15)6-3-7-12/h1-2,4-5,15H,3,6-8H2,(H,14,16). The minimum atomic E-state index is -0.383. The summed E-state index contributed by atoms with van der Waals surface area (Å²) in [6.45, 7) is 0.0171. The second-order valence-electron chi connectivity index (χ2n) is 4.23. The minimum Gasteiger partial charge on any atom is -0.394 e. The summed E-state index contributed by atoms with van der Waals surface area (Å²) in [4.78, 5) is 12.0. The Kier molecular flexibility index (Phi) is 3.30. The first-order valence-corrected chi connectivity index (χ1v) is 6.14. The van der Waals surface area contributed by atoms with Crippen LogP contribution in [-0.4, -0.2) is 23.2 Å². The summed E-state index contributed by atoms with van der Waals surface area (Å²) >= 11 is 3.34. The Morgan fingerprint density at radius 3 is 2.62 bits per heavy atom. The van der Waals surface area contributed by atoms with E-state index in [4.69, 9.17) is 0 Å². The van der Waals surface area contributed by atoms with Crippen LogP contribution in [-0.2, 0) is 0 Å². The van der Waals surface area contributed by atoms with E-state index in [1.807, 2.05) is 18.2 Å². The van der Waals surface area contributed by atoms with Crippen LogP contribution in [0.2, 0.25) is 0 Å². The van der Waals surface area contributed by atoms with Gasteiger partial charge in [0, 0.05) is 4.47 Å². The third-order valence-electron chi connectivity index (χ3n) is 3.11. The molecular weight excluding hydrogens is 270 g/mol. The normalized spacial score (nSPS) is 17.6. The van der Waals surface area contributed by atoms with E-state index in [1.165, 1.54) is 0 Å². The predicted molar refractivity (Wildman–Crippen MR) is 65.3 cm³/mol. The molecule has 1 fully saturated rings. The monoisotopic (exact) mass is 283 g/mol. The van der Waals surface area contributed by atoms with Gasteiger partial charge in [-0.25, -0.2) is 0 Å². The highest BCUT2D eigenvalue weighted by atomic mass is 79.9. The summed E-state index contributed by atoms with van der Waals surface area (Å²) in [7, 11) is 0. The third kappa shape index (κ3) is 2.13. The molecule has 1 aromatic rings. The van der Waals surface area contributed by atoms with Gasteiger partial charge in [0.05, 0.1) is 17.7 Å². The van der Waals surface area contributed by atoms with Crippen molar-refractivity contribution in [3.8, 4) is 0 Å². The number of carbonyl (C=O) groups excluding carboxylic acids is 1. The fraction of sp³-hybridized carbons (Fsp3) is 0.417. The molecule has 86 valence electrons. The summed E-state index contributed by atoms with van der Waals surface area (Å²) in [6, 6.07) is 7.29.